The SMILES string of the molecule is COCCCOCCOC(=O)[C@H](N)CC(C)C. The molecule has 0 aromatic carbocycles. The van der Waals surface area contributed by atoms with E-state index in [9.17, 15) is 4.79 Å². The van der Waals surface area contributed by atoms with Crippen molar-refractivity contribution in [2.75, 3.05) is 33.5 Å². The zero-order valence-corrected chi connectivity index (χ0v) is 11.1. The van der Waals surface area contributed by atoms with Gasteiger partial charge in [0.05, 0.1) is 6.61 Å². The first-order valence-corrected chi connectivity index (χ1v) is 6.06. The normalized spacial score (nSPS) is 12.8. The quantitative estimate of drug-likeness (QED) is 0.460. The first-order valence-electron chi connectivity index (χ1n) is 6.06. The molecule has 0 radical (unpaired) electrons. The Labute approximate surface area is 104 Å². The Morgan fingerprint density at radius 3 is 2.47 bits per heavy atom. The first-order chi connectivity index (χ1) is 8.07. The maximum Gasteiger partial charge on any atom is 0.322 e. The zero-order valence-electron chi connectivity index (χ0n) is 11.1. The topological polar surface area (TPSA) is 70.8 Å². The summed E-state index contributed by atoms with van der Waals surface area (Å²) in [6, 6.07) is -0.525. The number of hydrogen-bond acceptors (Lipinski definition) is 5. The Kier molecular flexibility index (Phi) is 10.1. The number of hydrogen-bond donors (Lipinski definition) is 1. The molecule has 0 amide bonds. The molecule has 5 nitrogen and oxygen atoms in total. The van der Waals surface area contributed by atoms with Gasteiger partial charge in [-0.1, -0.05) is 13.8 Å². The van der Waals surface area contributed by atoms with Crippen molar-refractivity contribution in [3.63, 3.8) is 0 Å². The van der Waals surface area contributed by atoms with Crippen LogP contribution in [-0.4, -0.2) is 45.5 Å². The predicted molar refractivity (Wildman–Crippen MR) is 65.7 cm³/mol. The molecule has 0 saturated carbocycles. The molecule has 2 N–H and O–H groups in total. The first kappa shape index (κ1) is 16.4. The molecule has 17 heavy (non-hydrogen) atoms. The van der Waals surface area contributed by atoms with Gasteiger partial charge in [-0.05, 0) is 18.8 Å². The van der Waals surface area contributed by atoms with Crippen molar-refractivity contribution in [1.29, 1.82) is 0 Å². The van der Waals surface area contributed by atoms with Gasteiger partial charge in [0.2, 0.25) is 0 Å². The van der Waals surface area contributed by atoms with Crippen LogP contribution in [0.5, 0.6) is 0 Å². The number of esters is 1. The molecule has 0 aliphatic carbocycles. The maximum atomic E-state index is 11.4. The summed E-state index contributed by atoms with van der Waals surface area (Å²) in [6.07, 6.45) is 1.49. The maximum absolute atomic E-state index is 11.4. The summed E-state index contributed by atoms with van der Waals surface area (Å²) in [5.74, 6) is 0.0436. The summed E-state index contributed by atoms with van der Waals surface area (Å²) in [6.45, 7) is 6.00. The molecular formula is C12H25NO4. The lowest BCUT2D eigenvalue weighted by atomic mass is 10.1. The fourth-order valence-electron chi connectivity index (χ4n) is 1.32. The number of methoxy groups -OCH3 is 1. The molecule has 0 aliphatic heterocycles. The molecule has 0 saturated heterocycles. The molecule has 0 unspecified atom stereocenters. The molecule has 0 bridgehead atoms. The zero-order chi connectivity index (χ0) is 13.1. The molecule has 5 heteroatoms. The van der Waals surface area contributed by atoms with E-state index in [2.05, 4.69) is 0 Å². The van der Waals surface area contributed by atoms with E-state index in [1.165, 1.54) is 0 Å². The minimum absolute atomic E-state index is 0.262. The van der Waals surface area contributed by atoms with Crippen LogP contribution in [0, 0.1) is 5.92 Å². The van der Waals surface area contributed by atoms with Crippen LogP contribution in [0.3, 0.4) is 0 Å². The third-order valence-electron chi connectivity index (χ3n) is 2.14. The number of carbonyl (C=O) groups is 1. The van der Waals surface area contributed by atoms with Gasteiger partial charge in [0.25, 0.3) is 0 Å². The van der Waals surface area contributed by atoms with E-state index in [-0.39, 0.29) is 12.6 Å². The van der Waals surface area contributed by atoms with Crippen molar-refractivity contribution >= 4 is 5.97 Å². The number of rotatable bonds is 10. The van der Waals surface area contributed by atoms with E-state index in [0.717, 1.165) is 6.42 Å². The highest BCUT2D eigenvalue weighted by Crippen LogP contribution is 2.03. The van der Waals surface area contributed by atoms with Gasteiger partial charge in [0.1, 0.15) is 12.6 Å². The van der Waals surface area contributed by atoms with E-state index < -0.39 is 6.04 Å². The molecule has 102 valence electrons. The van der Waals surface area contributed by atoms with Gasteiger partial charge in [0.15, 0.2) is 0 Å². The minimum Gasteiger partial charge on any atom is -0.462 e. The molecule has 0 aromatic rings. The predicted octanol–water partition coefficient (Wildman–Crippen LogP) is 0.956. The summed E-state index contributed by atoms with van der Waals surface area (Å²) in [5, 5.41) is 0. The van der Waals surface area contributed by atoms with Crippen molar-refractivity contribution in [2.45, 2.75) is 32.7 Å². The fourth-order valence-corrected chi connectivity index (χ4v) is 1.32. The van der Waals surface area contributed by atoms with E-state index >= 15 is 0 Å². The largest absolute Gasteiger partial charge is 0.462 e. The lowest BCUT2D eigenvalue weighted by molar-refractivity contribution is -0.147. The molecule has 0 aromatic heterocycles. The Balaban J connectivity index is 3.38. The van der Waals surface area contributed by atoms with Crippen molar-refractivity contribution in [3.8, 4) is 0 Å². The third-order valence-corrected chi connectivity index (χ3v) is 2.14. The fraction of sp³-hybridized carbons (Fsp3) is 0.917. The molecule has 1 atom stereocenters. The van der Waals surface area contributed by atoms with E-state index in [4.69, 9.17) is 19.9 Å². The molecule has 0 heterocycles. The van der Waals surface area contributed by atoms with Crippen LogP contribution in [0.4, 0.5) is 0 Å². The smallest absolute Gasteiger partial charge is 0.322 e. The summed E-state index contributed by atoms with van der Waals surface area (Å²) in [4.78, 5) is 11.4. The highest BCUT2D eigenvalue weighted by molar-refractivity contribution is 5.75. The van der Waals surface area contributed by atoms with Crippen molar-refractivity contribution in [3.05, 3.63) is 0 Å². The average Bonchev–Trinajstić information content (AvgIpc) is 2.26. The van der Waals surface area contributed by atoms with Gasteiger partial charge in [-0.3, -0.25) is 4.79 Å². The Morgan fingerprint density at radius 2 is 1.88 bits per heavy atom. The second-order valence-electron chi connectivity index (χ2n) is 4.36. The number of ether oxygens (including phenoxy) is 3. The summed E-state index contributed by atoms with van der Waals surface area (Å²) >= 11 is 0. The second kappa shape index (κ2) is 10.5. The van der Waals surface area contributed by atoms with Crippen molar-refractivity contribution < 1.29 is 19.0 Å². The van der Waals surface area contributed by atoms with Crippen molar-refractivity contribution in [2.24, 2.45) is 11.7 Å². The van der Waals surface area contributed by atoms with Crippen LogP contribution < -0.4 is 5.73 Å². The van der Waals surface area contributed by atoms with Gasteiger partial charge in [-0.2, -0.15) is 0 Å². The Morgan fingerprint density at radius 1 is 1.18 bits per heavy atom. The van der Waals surface area contributed by atoms with Crippen LogP contribution >= 0.6 is 0 Å². The lowest BCUT2D eigenvalue weighted by Gasteiger charge is -2.13. The van der Waals surface area contributed by atoms with Crippen LogP contribution in [-0.2, 0) is 19.0 Å². The van der Waals surface area contributed by atoms with Crippen LogP contribution in [0.1, 0.15) is 26.7 Å². The van der Waals surface area contributed by atoms with Gasteiger partial charge in [-0.25, -0.2) is 0 Å². The van der Waals surface area contributed by atoms with Gasteiger partial charge in [0, 0.05) is 20.3 Å². The summed E-state index contributed by atoms with van der Waals surface area (Å²) in [7, 11) is 1.65. The molecule has 0 fully saturated rings. The number of nitrogens with two attached hydrogens (primary N) is 1. The van der Waals surface area contributed by atoms with Gasteiger partial charge < -0.3 is 19.9 Å². The van der Waals surface area contributed by atoms with Gasteiger partial charge >= 0.3 is 5.97 Å². The minimum atomic E-state index is -0.525. The summed E-state index contributed by atoms with van der Waals surface area (Å²) in [5.41, 5.74) is 5.67. The Hall–Kier alpha value is -0.650. The van der Waals surface area contributed by atoms with E-state index in [0.29, 0.717) is 32.2 Å². The third kappa shape index (κ3) is 10.2. The van der Waals surface area contributed by atoms with E-state index in [1.54, 1.807) is 7.11 Å². The average molecular weight is 247 g/mol. The second-order valence-corrected chi connectivity index (χ2v) is 4.36. The Bertz CT molecular complexity index is 197. The highest BCUT2D eigenvalue weighted by Gasteiger charge is 2.15. The number of carbonyl (C=O) groups excluding carboxylic acids is 1. The van der Waals surface area contributed by atoms with Gasteiger partial charge in [-0.15, -0.1) is 0 Å². The van der Waals surface area contributed by atoms with Crippen LogP contribution in [0.2, 0.25) is 0 Å². The van der Waals surface area contributed by atoms with Crippen molar-refractivity contribution in [1.82, 2.24) is 0 Å². The summed E-state index contributed by atoms with van der Waals surface area (Å²) < 4.78 is 15.1. The lowest BCUT2D eigenvalue weighted by Crippen LogP contribution is -2.34. The van der Waals surface area contributed by atoms with Crippen LogP contribution in [0.25, 0.3) is 0 Å². The molecular weight excluding hydrogens is 222 g/mol. The molecule has 0 spiro atoms. The highest BCUT2D eigenvalue weighted by atomic mass is 16.6. The molecule has 0 aliphatic rings. The molecule has 0 rings (SSSR count). The standard InChI is InChI=1S/C12H25NO4/c1-10(2)9-11(13)12(14)17-8-7-16-6-4-5-15-3/h10-11H,4-9,13H2,1-3H3/t11-/m1/s1. The van der Waals surface area contributed by atoms with Crippen LogP contribution in [0.15, 0.2) is 0 Å². The monoisotopic (exact) mass is 247 g/mol. The van der Waals surface area contributed by atoms with E-state index in [1.807, 2.05) is 13.8 Å².